The van der Waals surface area contributed by atoms with E-state index in [-0.39, 0.29) is 18.3 Å². The van der Waals surface area contributed by atoms with Crippen LogP contribution in [0.1, 0.15) is 48.6 Å². The quantitative estimate of drug-likeness (QED) is 0.908. The summed E-state index contributed by atoms with van der Waals surface area (Å²) in [7, 11) is 0. The molecule has 0 aromatic carbocycles. The molecule has 1 amide bonds. The topological polar surface area (TPSA) is 59.2 Å². The predicted octanol–water partition coefficient (Wildman–Crippen LogP) is 2.72. The number of thiazole rings is 1. The van der Waals surface area contributed by atoms with Gasteiger partial charge in [0.05, 0.1) is 5.01 Å². The van der Waals surface area contributed by atoms with Gasteiger partial charge in [0.15, 0.2) is 0 Å². The summed E-state index contributed by atoms with van der Waals surface area (Å²) in [5.41, 5.74) is 6.43. The van der Waals surface area contributed by atoms with Gasteiger partial charge >= 0.3 is 0 Å². The van der Waals surface area contributed by atoms with E-state index in [1.54, 1.807) is 0 Å². The lowest BCUT2D eigenvalue weighted by Crippen LogP contribution is -2.32. The van der Waals surface area contributed by atoms with Gasteiger partial charge in [-0.1, -0.05) is 13.8 Å². The van der Waals surface area contributed by atoms with Crippen molar-refractivity contribution in [2.45, 2.75) is 39.5 Å². The summed E-state index contributed by atoms with van der Waals surface area (Å²) in [4.78, 5) is 18.8. The zero-order valence-corrected chi connectivity index (χ0v) is 13.9. The third-order valence-corrected chi connectivity index (χ3v) is 5.26. The summed E-state index contributed by atoms with van der Waals surface area (Å²) in [5, 5.41) is 2.83. The average molecular weight is 318 g/mol. The van der Waals surface area contributed by atoms with Crippen molar-refractivity contribution < 1.29 is 4.79 Å². The molecule has 1 aromatic heterocycles. The molecule has 6 heteroatoms. The number of nitrogens with two attached hydrogens (primary N) is 1. The van der Waals surface area contributed by atoms with Crippen molar-refractivity contribution >= 4 is 29.7 Å². The van der Waals surface area contributed by atoms with Crippen molar-refractivity contribution in [2.75, 3.05) is 19.6 Å². The minimum absolute atomic E-state index is 0. The van der Waals surface area contributed by atoms with Gasteiger partial charge in [0.2, 0.25) is 0 Å². The van der Waals surface area contributed by atoms with Crippen LogP contribution < -0.4 is 5.73 Å². The van der Waals surface area contributed by atoms with Gasteiger partial charge in [-0.15, -0.1) is 23.7 Å². The molecule has 0 aliphatic carbocycles. The second kappa shape index (κ2) is 7.38. The molecule has 1 aromatic rings. The highest BCUT2D eigenvalue weighted by atomic mass is 35.5. The Morgan fingerprint density at radius 1 is 1.50 bits per heavy atom. The molecule has 1 aliphatic heterocycles. The Hall–Kier alpha value is -0.650. The molecule has 20 heavy (non-hydrogen) atoms. The van der Waals surface area contributed by atoms with Gasteiger partial charge in [-0.05, 0) is 31.2 Å². The molecule has 0 atom stereocenters. The van der Waals surface area contributed by atoms with Crippen LogP contribution in [-0.4, -0.2) is 35.4 Å². The summed E-state index contributed by atoms with van der Waals surface area (Å²) in [6.07, 6.45) is 4.16. The molecular formula is C14H24ClN3OS. The number of carbonyl (C=O) groups excluding carboxylic acids is 1. The molecule has 0 saturated carbocycles. The minimum atomic E-state index is 0. The first kappa shape index (κ1) is 17.4. The van der Waals surface area contributed by atoms with Crippen LogP contribution in [0.3, 0.4) is 0 Å². The highest BCUT2D eigenvalue weighted by Gasteiger charge is 2.37. The van der Waals surface area contributed by atoms with E-state index in [0.29, 0.717) is 17.7 Å². The molecule has 1 aliphatic rings. The van der Waals surface area contributed by atoms with E-state index >= 15 is 0 Å². The van der Waals surface area contributed by atoms with Crippen molar-refractivity contribution in [1.29, 1.82) is 0 Å². The smallest absolute Gasteiger partial charge is 0.273 e. The Morgan fingerprint density at radius 3 is 2.75 bits per heavy atom. The lowest BCUT2D eigenvalue weighted by molar-refractivity contribution is 0.0764. The summed E-state index contributed by atoms with van der Waals surface area (Å²) in [6, 6.07) is 0. The molecule has 1 fully saturated rings. The van der Waals surface area contributed by atoms with Crippen LogP contribution in [0.2, 0.25) is 0 Å². The molecule has 0 spiro atoms. The largest absolute Gasteiger partial charge is 0.337 e. The van der Waals surface area contributed by atoms with Crippen LogP contribution >= 0.6 is 23.7 Å². The zero-order valence-electron chi connectivity index (χ0n) is 12.2. The van der Waals surface area contributed by atoms with E-state index in [1.165, 1.54) is 11.3 Å². The minimum Gasteiger partial charge on any atom is -0.337 e. The summed E-state index contributed by atoms with van der Waals surface area (Å²) in [5.74, 6) is 0.0864. The standard InChI is InChI=1S/C14H23N3OS.ClH/c1-3-14(4-2)6-8-17(10-14)13(18)11-9-19-12(16-11)5-7-15;/h9H,3-8,10,15H2,1-2H3;1H. The van der Waals surface area contributed by atoms with Gasteiger partial charge in [-0.3, -0.25) is 4.79 Å². The molecule has 114 valence electrons. The number of amides is 1. The second-order valence-corrected chi connectivity index (χ2v) is 6.29. The van der Waals surface area contributed by atoms with E-state index in [0.717, 1.165) is 43.8 Å². The zero-order chi connectivity index (χ0) is 13.9. The number of hydrogen-bond donors (Lipinski definition) is 1. The van der Waals surface area contributed by atoms with Gasteiger partial charge in [0.1, 0.15) is 5.69 Å². The van der Waals surface area contributed by atoms with Crippen LogP contribution in [0.25, 0.3) is 0 Å². The van der Waals surface area contributed by atoms with Gasteiger partial charge in [-0.2, -0.15) is 0 Å². The van der Waals surface area contributed by atoms with E-state index < -0.39 is 0 Å². The number of nitrogens with zero attached hydrogens (tertiary/aromatic N) is 2. The molecule has 4 nitrogen and oxygen atoms in total. The van der Waals surface area contributed by atoms with Crippen LogP contribution in [0, 0.1) is 5.41 Å². The number of aromatic nitrogens is 1. The maximum Gasteiger partial charge on any atom is 0.273 e. The normalized spacial score (nSPS) is 17.1. The van der Waals surface area contributed by atoms with Crippen molar-refractivity contribution in [3.8, 4) is 0 Å². The van der Waals surface area contributed by atoms with Crippen LogP contribution in [0.4, 0.5) is 0 Å². The number of carbonyl (C=O) groups is 1. The first-order chi connectivity index (χ1) is 9.14. The molecule has 2 heterocycles. The monoisotopic (exact) mass is 317 g/mol. The molecule has 2 rings (SSSR count). The maximum atomic E-state index is 12.4. The maximum absolute atomic E-state index is 12.4. The Labute approximate surface area is 131 Å². The summed E-state index contributed by atoms with van der Waals surface area (Å²) in [6.45, 7) is 6.77. The lowest BCUT2D eigenvalue weighted by atomic mass is 9.82. The van der Waals surface area contributed by atoms with Gasteiger partial charge in [0.25, 0.3) is 5.91 Å². The van der Waals surface area contributed by atoms with Gasteiger partial charge < -0.3 is 10.6 Å². The summed E-state index contributed by atoms with van der Waals surface area (Å²) < 4.78 is 0. The highest BCUT2D eigenvalue weighted by Crippen LogP contribution is 2.37. The Kier molecular flexibility index (Phi) is 6.43. The molecule has 0 unspecified atom stereocenters. The third-order valence-electron chi connectivity index (χ3n) is 4.35. The van der Waals surface area contributed by atoms with Crippen LogP contribution in [0.5, 0.6) is 0 Å². The fourth-order valence-electron chi connectivity index (χ4n) is 2.75. The van der Waals surface area contributed by atoms with Crippen molar-refractivity contribution in [3.05, 3.63) is 16.1 Å². The molecule has 1 saturated heterocycles. The van der Waals surface area contributed by atoms with Crippen molar-refractivity contribution in [3.63, 3.8) is 0 Å². The van der Waals surface area contributed by atoms with E-state index in [9.17, 15) is 4.79 Å². The Bertz CT molecular complexity index is 445. The first-order valence-electron chi connectivity index (χ1n) is 7.08. The Balaban J connectivity index is 0.00000200. The van der Waals surface area contributed by atoms with E-state index in [2.05, 4.69) is 18.8 Å². The summed E-state index contributed by atoms with van der Waals surface area (Å²) >= 11 is 1.53. The van der Waals surface area contributed by atoms with Crippen molar-refractivity contribution in [2.24, 2.45) is 11.1 Å². The molecule has 0 bridgehead atoms. The number of hydrogen-bond acceptors (Lipinski definition) is 4. The van der Waals surface area contributed by atoms with Crippen LogP contribution in [0.15, 0.2) is 5.38 Å². The predicted molar refractivity (Wildman–Crippen MR) is 85.7 cm³/mol. The number of likely N-dealkylation sites (tertiary alicyclic amines) is 1. The van der Waals surface area contributed by atoms with E-state index in [4.69, 9.17) is 5.73 Å². The second-order valence-electron chi connectivity index (χ2n) is 5.35. The Morgan fingerprint density at radius 2 is 2.20 bits per heavy atom. The van der Waals surface area contributed by atoms with Gasteiger partial charge in [0, 0.05) is 24.9 Å². The molecular weight excluding hydrogens is 294 g/mol. The van der Waals surface area contributed by atoms with Gasteiger partial charge in [-0.25, -0.2) is 4.98 Å². The third kappa shape index (κ3) is 3.51. The number of halogens is 1. The highest BCUT2D eigenvalue weighted by molar-refractivity contribution is 7.09. The molecule has 0 radical (unpaired) electrons. The average Bonchev–Trinajstić information content (AvgIpc) is 3.05. The van der Waals surface area contributed by atoms with E-state index in [1.807, 2.05) is 10.3 Å². The fourth-order valence-corrected chi connectivity index (χ4v) is 3.53. The SMILES string of the molecule is CCC1(CC)CCN(C(=O)c2csc(CCN)n2)C1.Cl. The van der Waals surface area contributed by atoms with Crippen LogP contribution in [-0.2, 0) is 6.42 Å². The fraction of sp³-hybridized carbons (Fsp3) is 0.714. The molecule has 2 N–H and O–H groups in total. The first-order valence-corrected chi connectivity index (χ1v) is 7.96. The lowest BCUT2D eigenvalue weighted by Gasteiger charge is -2.26. The van der Waals surface area contributed by atoms with Crippen molar-refractivity contribution in [1.82, 2.24) is 9.88 Å². The number of rotatable bonds is 5.